The fraction of sp³-hybridized carbons (Fsp3) is 0. The van der Waals surface area contributed by atoms with Crippen molar-refractivity contribution >= 4 is 45.5 Å². The van der Waals surface area contributed by atoms with E-state index in [2.05, 4.69) is 0 Å². The Morgan fingerprint density at radius 1 is 1.00 bits per heavy atom. The summed E-state index contributed by atoms with van der Waals surface area (Å²) in [5.74, 6) is 0. The van der Waals surface area contributed by atoms with Gasteiger partial charge in [0.05, 0.1) is 0 Å². The molecule has 0 unspecified atom stereocenters. The van der Waals surface area contributed by atoms with Gasteiger partial charge in [0.15, 0.2) is 0 Å². The smallest absolute Gasteiger partial charge is 0.822 e. The summed E-state index contributed by atoms with van der Waals surface area (Å²) >= 11 is 0. The predicted octanol–water partition coefficient (Wildman–Crippen LogP) is -7.54. The summed E-state index contributed by atoms with van der Waals surface area (Å²) in [5, 5.41) is 0. The topological polar surface area (TPSA) is 167 Å². The van der Waals surface area contributed by atoms with Crippen molar-refractivity contribution in [1.29, 1.82) is 0 Å². The predicted molar refractivity (Wildman–Crippen MR) is 23.8 cm³/mol. The fourth-order valence-electron chi connectivity index (χ4n) is 0. The van der Waals surface area contributed by atoms with Gasteiger partial charge in [-0.1, -0.05) is 0 Å². The second-order valence-electron chi connectivity index (χ2n) is 0.855. The van der Waals surface area contributed by atoms with E-state index in [0.717, 1.165) is 0 Å². The van der Waals surface area contributed by atoms with E-state index < -0.39 is 18.2 Å². The maximum Gasteiger partial charge on any atom is 4.00 e. The summed E-state index contributed by atoms with van der Waals surface area (Å²) in [7, 11) is -10.6. The van der Waals surface area contributed by atoms with Gasteiger partial charge in [-0.25, -0.2) is 0 Å². The van der Waals surface area contributed by atoms with Gasteiger partial charge >= 0.3 is 56.9 Å². The molecule has 0 aromatic heterocycles. The molecule has 12 heavy (non-hydrogen) atoms. The number of hydrogen-bond acceptors (Lipinski definition) is 8. The van der Waals surface area contributed by atoms with Crippen molar-refractivity contribution in [2.45, 2.75) is 0 Å². The third kappa shape index (κ3) is 391. The van der Waals surface area contributed by atoms with Crippen LogP contribution in [0.5, 0.6) is 0 Å². The van der Waals surface area contributed by atoms with Gasteiger partial charge in [-0.3, -0.25) is 8.42 Å². The summed E-state index contributed by atoms with van der Waals surface area (Å²) < 4.78 is 42.6. The van der Waals surface area contributed by atoms with Crippen LogP contribution in [0.3, 0.4) is 0 Å². The summed E-state index contributed by atoms with van der Waals surface area (Å²) in [6, 6.07) is 0. The molecule has 0 saturated carbocycles. The van der Waals surface area contributed by atoms with Crippen molar-refractivity contribution in [3.63, 3.8) is 0 Å². The van der Waals surface area contributed by atoms with Crippen LogP contribution in [0.25, 0.3) is 0 Å². The van der Waals surface area contributed by atoms with Crippen LogP contribution in [0.2, 0.25) is 0 Å². The molecular weight excluding hydrogens is 421 g/mol. The van der Waals surface area contributed by atoms with Crippen LogP contribution in [0.1, 0.15) is 0 Å². The molecule has 0 saturated heterocycles. The zero-order chi connectivity index (χ0) is 9.00. The molecule has 0 aliphatic carbocycles. The molecule has 0 bridgehead atoms. The van der Waals surface area contributed by atoms with Gasteiger partial charge in [0, 0.05) is 10.4 Å². The number of rotatable bonds is 0. The molecule has 12 heteroatoms. The van der Waals surface area contributed by atoms with E-state index in [1.807, 2.05) is 0 Å². The van der Waals surface area contributed by atoms with Gasteiger partial charge in [0.1, 0.15) is 0 Å². The summed E-state index contributed by atoms with van der Waals surface area (Å²) in [4.78, 5) is 25.6. The van der Waals surface area contributed by atoms with Crippen LogP contribution >= 0.6 is 7.82 Å². The molecule has 0 aromatic rings. The Morgan fingerprint density at radius 3 is 1.00 bits per heavy atom. The van der Waals surface area contributed by atoms with E-state index in [4.69, 9.17) is 36.8 Å². The molecule has 0 heterocycles. The third-order valence-corrected chi connectivity index (χ3v) is 0. The van der Waals surface area contributed by atoms with Crippen molar-refractivity contribution in [3.8, 4) is 0 Å². The molecule has 8 nitrogen and oxygen atoms in total. The third-order valence-electron chi connectivity index (χ3n) is 0. The first kappa shape index (κ1) is 23.6. The molecule has 0 N–H and O–H groups in total. The minimum Gasteiger partial charge on any atom is -0.822 e. The second kappa shape index (κ2) is 9.46. The zero-order valence-electron chi connectivity index (χ0n) is 5.62. The Balaban J connectivity index is -0.0000000457. The van der Waals surface area contributed by atoms with Crippen LogP contribution < -0.4 is 44.2 Å². The summed E-state index contributed by atoms with van der Waals surface area (Å²) in [6.45, 7) is 0. The van der Waals surface area contributed by atoms with Gasteiger partial charge in [-0.2, -0.15) is 7.82 Å². The Morgan fingerprint density at radius 2 is 1.00 bits per heavy atom. The minimum absolute atomic E-state index is 0. The average molecular weight is 421 g/mol. The molecule has 0 rings (SSSR count). The molecule has 0 aliphatic heterocycles. The first-order chi connectivity index (χ1) is 4.00. The van der Waals surface area contributed by atoms with Crippen LogP contribution in [0.4, 0.5) is 0 Å². The molecule has 0 spiro atoms. The van der Waals surface area contributed by atoms with Crippen LogP contribution in [-0.4, -0.2) is 44.8 Å². The van der Waals surface area contributed by atoms with Gasteiger partial charge < -0.3 is 28.4 Å². The van der Waals surface area contributed by atoms with Gasteiger partial charge in [0.2, 0.25) is 0 Å². The van der Waals surface area contributed by atoms with E-state index in [0.29, 0.717) is 0 Å². The van der Waals surface area contributed by atoms with Crippen molar-refractivity contribution in [2.24, 2.45) is 0 Å². The van der Waals surface area contributed by atoms with Gasteiger partial charge in [0.25, 0.3) is 0 Å². The van der Waals surface area contributed by atoms with Crippen molar-refractivity contribution < 1.29 is 66.3 Å². The Labute approximate surface area is 111 Å². The largest absolute Gasteiger partial charge is 4.00 e. The Bertz CT molecular complexity index is 197. The number of phosphoric acid groups is 1. The molecule has 0 amide bonds. The van der Waals surface area contributed by atoms with E-state index >= 15 is 0 Å². The Hall–Kier alpha value is 1.90. The van der Waals surface area contributed by atoms with E-state index in [1.165, 1.54) is 0 Å². The quantitative estimate of drug-likeness (QED) is 0.161. The standard InChI is InChI=1S/Na.H3O4P.H2O4S.Pb/c;2*1-5(2,3)4;/h;(H3,1,2,3,4);(H2,1,2,3,4);/q+1;;;+4/p-5. The van der Waals surface area contributed by atoms with E-state index in [1.54, 1.807) is 0 Å². The maximum atomic E-state index is 8.55. The normalized spacial score (nSPS) is 9.75. The first-order valence-corrected chi connectivity index (χ1v) is 4.19. The molecular formula is NaO8PPbS. The molecule has 0 aromatic carbocycles. The van der Waals surface area contributed by atoms with Crippen LogP contribution in [-0.2, 0) is 15.0 Å². The van der Waals surface area contributed by atoms with Gasteiger partial charge in [-0.15, -0.1) is 0 Å². The molecule has 0 fully saturated rings. The number of hydrogen-bond donors (Lipinski definition) is 0. The van der Waals surface area contributed by atoms with Crippen molar-refractivity contribution in [3.05, 3.63) is 0 Å². The SMILES string of the molecule is O=P([O-])([O-])[O-].O=S(=O)([O-])[O-].[Na+].[Pb+4]. The van der Waals surface area contributed by atoms with E-state index in [-0.39, 0.29) is 56.9 Å². The minimum atomic E-state index is -5.39. The molecule has 0 atom stereocenters. The second-order valence-corrected chi connectivity index (χ2v) is 2.57. The maximum absolute atomic E-state index is 8.55. The van der Waals surface area contributed by atoms with Crippen LogP contribution in [0.15, 0.2) is 0 Å². The van der Waals surface area contributed by atoms with Crippen molar-refractivity contribution in [2.75, 3.05) is 0 Å². The molecule has 64 valence electrons. The van der Waals surface area contributed by atoms with Crippen LogP contribution in [0, 0.1) is 0 Å². The van der Waals surface area contributed by atoms with Gasteiger partial charge in [-0.05, 0) is 0 Å². The Kier molecular flexibility index (Phi) is 18.6. The van der Waals surface area contributed by atoms with Crippen molar-refractivity contribution in [1.82, 2.24) is 0 Å². The molecule has 0 radical (unpaired) electrons. The summed E-state index contributed by atoms with van der Waals surface area (Å²) in [5.41, 5.74) is 0. The zero-order valence-corrected chi connectivity index (χ0v) is 13.2. The summed E-state index contributed by atoms with van der Waals surface area (Å²) in [6.07, 6.45) is 0. The van der Waals surface area contributed by atoms with E-state index in [9.17, 15) is 0 Å². The fourth-order valence-corrected chi connectivity index (χ4v) is 0. The molecule has 0 aliphatic rings. The first-order valence-electron chi connectivity index (χ1n) is 1.40. The average Bonchev–Trinajstić information content (AvgIpc) is 1.12. The monoisotopic (exact) mass is 422 g/mol.